The summed E-state index contributed by atoms with van der Waals surface area (Å²) in [6.07, 6.45) is -7.02. The lowest BCUT2D eigenvalue weighted by molar-refractivity contribution is -0.123. The second-order valence-corrected chi connectivity index (χ2v) is 14.0. The molecule has 0 spiro atoms. The van der Waals surface area contributed by atoms with Gasteiger partial charge in [0, 0.05) is 36.2 Å². The zero-order valence-electron chi connectivity index (χ0n) is 28.5. The van der Waals surface area contributed by atoms with E-state index in [1.807, 2.05) is 0 Å². The zero-order valence-corrected chi connectivity index (χ0v) is 29.4. The van der Waals surface area contributed by atoms with Crippen molar-refractivity contribution in [1.29, 1.82) is 0 Å². The fraction of sp³-hybridized carbons (Fsp3) is 0.257. The van der Waals surface area contributed by atoms with Gasteiger partial charge in [-0.2, -0.15) is 24.0 Å². The molecule has 292 valence electrons. The highest BCUT2D eigenvalue weighted by molar-refractivity contribution is 7.22. The van der Waals surface area contributed by atoms with Gasteiger partial charge in [0.05, 0.1) is 27.6 Å². The lowest BCUT2D eigenvalue weighted by Crippen LogP contribution is -2.37. The minimum Gasteiger partial charge on any atom is -0.366 e. The molecule has 0 aliphatic heterocycles. The Labute approximate surface area is 313 Å². The molecular formula is C35H26F9N9O2S. The number of carbonyl (C=O) groups excluding carboxylic acids is 2. The molecule has 4 aromatic heterocycles. The molecule has 0 unspecified atom stereocenters. The summed E-state index contributed by atoms with van der Waals surface area (Å²) in [4.78, 5) is 35.0. The normalized spacial score (nSPS) is 15.2. The van der Waals surface area contributed by atoms with Crippen molar-refractivity contribution in [3.8, 4) is 11.1 Å². The summed E-state index contributed by atoms with van der Waals surface area (Å²) in [6.45, 7) is 0.487. The van der Waals surface area contributed by atoms with Crippen molar-refractivity contribution in [3.05, 3.63) is 105 Å². The fourth-order valence-corrected chi connectivity index (χ4v) is 7.35. The molecule has 7 rings (SSSR count). The van der Waals surface area contributed by atoms with Crippen LogP contribution in [0.5, 0.6) is 0 Å². The number of nitrogens with one attached hydrogen (secondary N) is 3. The minimum absolute atomic E-state index is 0.0509. The standard InChI is InChI=1S/C35H26F9N9O2S/c1-14-6-24(51-50-14)47-33-49-32-23(56-33)12-19(16-2-3-21(38)20(10-16)31(45)55)27(48-32)22(9-15-7-17(36)11-18(37)8-15)46-25(54)13-53-29-26(28(52-53)30(39)40)34(41,42)4-5-35(29,43)44/h2-3,6-8,10-12,22,30H,4-5,9,13H2,1H3,(H2,45,55)(H,46,54)(H2,47,48,49,50,51)/t22-/m0/s1. The third-order valence-electron chi connectivity index (χ3n) is 8.87. The fourth-order valence-electron chi connectivity index (χ4n) is 6.49. The third-order valence-corrected chi connectivity index (χ3v) is 9.78. The van der Waals surface area contributed by atoms with E-state index in [9.17, 15) is 40.3 Å². The monoisotopic (exact) mass is 807 g/mol. The Kier molecular flexibility index (Phi) is 9.75. The summed E-state index contributed by atoms with van der Waals surface area (Å²) < 4.78 is 132. The van der Waals surface area contributed by atoms with Gasteiger partial charge in [0.25, 0.3) is 24.2 Å². The van der Waals surface area contributed by atoms with E-state index in [-0.39, 0.29) is 37.8 Å². The van der Waals surface area contributed by atoms with Crippen LogP contribution in [0, 0.1) is 24.4 Å². The van der Waals surface area contributed by atoms with Crippen molar-refractivity contribution in [1.82, 2.24) is 35.3 Å². The average molecular weight is 808 g/mol. The van der Waals surface area contributed by atoms with E-state index >= 15 is 8.78 Å². The Morgan fingerprint density at radius 2 is 1.68 bits per heavy atom. The Hall–Kier alpha value is -5.99. The maximum Gasteiger partial charge on any atom is 0.290 e. The number of carbonyl (C=O) groups is 2. The number of hydrogen-bond acceptors (Lipinski definition) is 8. The molecule has 2 amide bonds. The number of primary amides is 1. The van der Waals surface area contributed by atoms with Crippen molar-refractivity contribution >= 4 is 44.4 Å². The largest absolute Gasteiger partial charge is 0.366 e. The number of aromatic amines is 1. The first-order valence-electron chi connectivity index (χ1n) is 16.5. The quantitative estimate of drug-likeness (QED) is 0.0972. The van der Waals surface area contributed by atoms with Crippen LogP contribution >= 0.6 is 11.3 Å². The van der Waals surface area contributed by atoms with Crippen LogP contribution in [-0.4, -0.2) is 41.8 Å². The zero-order chi connectivity index (χ0) is 40.3. The maximum absolute atomic E-state index is 15.1. The van der Waals surface area contributed by atoms with Crippen LogP contribution < -0.4 is 16.4 Å². The molecule has 2 aromatic carbocycles. The van der Waals surface area contributed by atoms with E-state index < -0.39 is 102 Å². The van der Waals surface area contributed by atoms with Gasteiger partial charge in [-0.1, -0.05) is 17.4 Å². The first-order valence-corrected chi connectivity index (χ1v) is 17.3. The van der Waals surface area contributed by atoms with E-state index in [4.69, 9.17) is 5.73 Å². The summed E-state index contributed by atoms with van der Waals surface area (Å²) in [7, 11) is 0. The molecule has 0 saturated carbocycles. The molecule has 1 aliphatic carbocycles. The van der Waals surface area contributed by atoms with E-state index in [0.717, 1.165) is 41.3 Å². The van der Waals surface area contributed by atoms with E-state index in [0.29, 0.717) is 16.6 Å². The van der Waals surface area contributed by atoms with Crippen molar-refractivity contribution in [3.63, 3.8) is 0 Å². The van der Waals surface area contributed by atoms with Crippen LogP contribution in [0.25, 0.3) is 21.5 Å². The predicted molar refractivity (Wildman–Crippen MR) is 183 cm³/mol. The highest BCUT2D eigenvalue weighted by atomic mass is 32.1. The molecule has 21 heteroatoms. The number of H-pyrrole nitrogens is 1. The van der Waals surface area contributed by atoms with Crippen molar-refractivity contribution in [2.45, 2.75) is 57.0 Å². The van der Waals surface area contributed by atoms with Crippen LogP contribution in [0.4, 0.5) is 50.5 Å². The number of pyridine rings is 1. The number of nitrogens with zero attached hydrogens (tertiary/aromatic N) is 5. The summed E-state index contributed by atoms with van der Waals surface area (Å²) >= 11 is 1.09. The Morgan fingerprint density at radius 3 is 2.34 bits per heavy atom. The van der Waals surface area contributed by atoms with Gasteiger partial charge in [-0.15, -0.1) is 0 Å². The molecule has 1 aliphatic rings. The van der Waals surface area contributed by atoms with E-state index in [1.165, 1.54) is 12.1 Å². The van der Waals surface area contributed by atoms with Gasteiger partial charge in [0.1, 0.15) is 35.4 Å². The number of aromatic nitrogens is 6. The molecule has 0 bridgehead atoms. The van der Waals surface area contributed by atoms with Gasteiger partial charge in [-0.05, 0) is 54.8 Å². The van der Waals surface area contributed by atoms with Gasteiger partial charge >= 0.3 is 0 Å². The molecule has 0 fully saturated rings. The second-order valence-electron chi connectivity index (χ2n) is 13.0. The van der Waals surface area contributed by atoms with E-state index in [1.54, 1.807) is 13.0 Å². The first kappa shape index (κ1) is 38.3. The first-order chi connectivity index (χ1) is 26.4. The van der Waals surface area contributed by atoms with Gasteiger partial charge in [-0.25, -0.2) is 35.7 Å². The van der Waals surface area contributed by atoms with E-state index in [2.05, 4.69) is 35.9 Å². The van der Waals surface area contributed by atoms with Gasteiger partial charge in [0.15, 0.2) is 16.6 Å². The number of thiazole rings is 1. The van der Waals surface area contributed by atoms with Crippen molar-refractivity contribution in [2.75, 3.05) is 5.32 Å². The summed E-state index contributed by atoms with van der Waals surface area (Å²) in [6, 6.07) is 7.47. The average Bonchev–Trinajstić information content (AvgIpc) is 3.82. The number of halogens is 9. The molecular weight excluding hydrogens is 781 g/mol. The number of amides is 2. The highest BCUT2D eigenvalue weighted by Crippen LogP contribution is 2.52. The molecule has 4 heterocycles. The van der Waals surface area contributed by atoms with Crippen LogP contribution in [-0.2, 0) is 29.6 Å². The minimum atomic E-state index is -4.11. The van der Waals surface area contributed by atoms with Crippen LogP contribution in [0.1, 0.15) is 69.6 Å². The Balaban J connectivity index is 1.36. The van der Waals surface area contributed by atoms with Crippen LogP contribution in [0.3, 0.4) is 0 Å². The SMILES string of the molecule is Cc1cc(Nc2nc3nc([C@H](Cc4cc(F)cc(F)c4)NC(=O)Cn4nc(C(F)F)c5c4C(F)(F)CCC5(F)F)c(-c4ccc(F)c(C(N)=O)c4)cc3s2)n[nH]1. The molecule has 0 radical (unpaired) electrons. The number of anilines is 2. The molecule has 5 N–H and O–H groups in total. The number of aryl methyl sites for hydroxylation is 1. The third kappa shape index (κ3) is 7.49. The van der Waals surface area contributed by atoms with Gasteiger partial charge in [-0.3, -0.25) is 19.4 Å². The lowest BCUT2D eigenvalue weighted by Gasteiger charge is -2.29. The molecule has 56 heavy (non-hydrogen) atoms. The summed E-state index contributed by atoms with van der Waals surface area (Å²) in [5.74, 6) is -13.1. The van der Waals surface area contributed by atoms with Crippen molar-refractivity contribution < 1.29 is 49.1 Å². The molecule has 11 nitrogen and oxygen atoms in total. The Bertz CT molecular complexity index is 2500. The Morgan fingerprint density at radius 1 is 0.964 bits per heavy atom. The van der Waals surface area contributed by atoms with Crippen LogP contribution in [0.2, 0.25) is 0 Å². The smallest absolute Gasteiger partial charge is 0.290 e. The predicted octanol–water partition coefficient (Wildman–Crippen LogP) is 7.86. The number of rotatable bonds is 11. The number of fused-ring (bicyclic) bond motifs is 2. The lowest BCUT2D eigenvalue weighted by atomic mass is 9.89. The van der Waals surface area contributed by atoms with Crippen molar-refractivity contribution in [2.24, 2.45) is 5.73 Å². The van der Waals surface area contributed by atoms with Crippen LogP contribution in [0.15, 0.2) is 48.5 Å². The topological polar surface area (TPSA) is 156 Å². The molecule has 6 aromatic rings. The highest BCUT2D eigenvalue weighted by Gasteiger charge is 2.55. The number of alkyl halides is 6. The molecule has 1 atom stereocenters. The summed E-state index contributed by atoms with van der Waals surface area (Å²) in [5.41, 5.74) is 0.861. The number of benzene rings is 2. The molecule has 0 saturated heterocycles. The summed E-state index contributed by atoms with van der Waals surface area (Å²) in [5, 5.41) is 15.9. The van der Waals surface area contributed by atoms with Gasteiger partial charge in [0.2, 0.25) is 5.91 Å². The maximum atomic E-state index is 15.1. The second kappa shape index (κ2) is 14.3. The number of hydrogen-bond donors (Lipinski definition) is 4. The van der Waals surface area contributed by atoms with Gasteiger partial charge < -0.3 is 16.4 Å². The number of nitrogens with two attached hydrogens (primary N) is 1.